The molecule has 6 nitrogen and oxygen atoms in total. The van der Waals surface area contributed by atoms with Crippen molar-refractivity contribution in [3.63, 3.8) is 0 Å². The van der Waals surface area contributed by atoms with Gasteiger partial charge < -0.3 is 10.1 Å². The number of amides is 1. The second kappa shape index (κ2) is 10.1. The number of ether oxygens (including phenoxy) is 1. The van der Waals surface area contributed by atoms with Crippen LogP contribution in [0.25, 0.3) is 0 Å². The van der Waals surface area contributed by atoms with Crippen molar-refractivity contribution in [1.82, 2.24) is 5.32 Å². The molecule has 0 fully saturated rings. The van der Waals surface area contributed by atoms with Gasteiger partial charge in [0, 0.05) is 11.6 Å². The highest BCUT2D eigenvalue weighted by molar-refractivity contribution is 7.92. The van der Waals surface area contributed by atoms with Crippen molar-refractivity contribution in [3.8, 4) is 5.75 Å². The second-order valence-corrected chi connectivity index (χ2v) is 9.60. The van der Waals surface area contributed by atoms with Crippen LogP contribution in [0, 0.1) is 13.8 Å². The molecule has 0 radical (unpaired) electrons. The highest BCUT2D eigenvalue weighted by Crippen LogP contribution is 2.30. The molecular formula is C24H25ClN2O4S. The summed E-state index contributed by atoms with van der Waals surface area (Å²) in [6.45, 7) is 3.48. The number of halogens is 1. The van der Waals surface area contributed by atoms with Gasteiger partial charge in [0.2, 0.25) is 5.91 Å². The summed E-state index contributed by atoms with van der Waals surface area (Å²) in [6, 6.07) is 18.8. The summed E-state index contributed by atoms with van der Waals surface area (Å²) in [5, 5.41) is 3.21. The first-order valence-corrected chi connectivity index (χ1v) is 11.8. The standard InChI is InChI=1S/C24H25ClN2O4S/c1-17-7-13-21(14-8-17)32(29,30)27(23-6-4-5-22(25)18(23)2)16-24(28)26-15-19-9-11-20(31-3)12-10-19/h4-14H,15-16H2,1-3H3,(H,26,28). The summed E-state index contributed by atoms with van der Waals surface area (Å²) in [5.41, 5.74) is 2.74. The Hall–Kier alpha value is -3.03. The van der Waals surface area contributed by atoms with Crippen LogP contribution in [0.5, 0.6) is 5.75 Å². The van der Waals surface area contributed by atoms with E-state index in [2.05, 4.69) is 5.32 Å². The van der Waals surface area contributed by atoms with Gasteiger partial charge in [0.25, 0.3) is 10.0 Å². The van der Waals surface area contributed by atoms with Gasteiger partial charge >= 0.3 is 0 Å². The number of rotatable bonds is 8. The molecule has 0 spiro atoms. The lowest BCUT2D eigenvalue weighted by Gasteiger charge is -2.26. The van der Waals surface area contributed by atoms with Gasteiger partial charge in [0.15, 0.2) is 0 Å². The van der Waals surface area contributed by atoms with Crippen molar-refractivity contribution < 1.29 is 17.9 Å². The van der Waals surface area contributed by atoms with Crippen LogP contribution in [0.1, 0.15) is 16.7 Å². The number of sulfonamides is 1. The van der Waals surface area contributed by atoms with Crippen molar-refractivity contribution >= 4 is 33.2 Å². The van der Waals surface area contributed by atoms with Crippen LogP contribution < -0.4 is 14.4 Å². The first-order valence-electron chi connectivity index (χ1n) is 9.96. The molecule has 168 valence electrons. The van der Waals surface area contributed by atoms with Gasteiger partial charge in [0.05, 0.1) is 17.7 Å². The molecule has 0 aromatic heterocycles. The van der Waals surface area contributed by atoms with E-state index in [0.717, 1.165) is 15.4 Å². The van der Waals surface area contributed by atoms with Crippen LogP contribution >= 0.6 is 11.6 Å². The molecule has 0 heterocycles. The normalized spacial score (nSPS) is 11.1. The Kier molecular flexibility index (Phi) is 7.43. The fourth-order valence-corrected chi connectivity index (χ4v) is 4.78. The van der Waals surface area contributed by atoms with Gasteiger partial charge in [-0.15, -0.1) is 0 Å². The topological polar surface area (TPSA) is 75.7 Å². The van der Waals surface area contributed by atoms with E-state index in [9.17, 15) is 13.2 Å². The Morgan fingerprint density at radius 2 is 1.66 bits per heavy atom. The van der Waals surface area contributed by atoms with Crippen LogP contribution in [0.3, 0.4) is 0 Å². The number of methoxy groups -OCH3 is 1. The Morgan fingerprint density at radius 3 is 2.28 bits per heavy atom. The van der Waals surface area contributed by atoms with E-state index in [0.29, 0.717) is 22.0 Å². The number of nitrogens with zero attached hydrogens (tertiary/aromatic N) is 1. The lowest BCUT2D eigenvalue weighted by Crippen LogP contribution is -2.41. The molecule has 3 rings (SSSR count). The molecule has 3 aromatic carbocycles. The van der Waals surface area contributed by atoms with Crippen molar-refractivity contribution in [2.75, 3.05) is 18.0 Å². The summed E-state index contributed by atoms with van der Waals surface area (Å²) in [7, 11) is -2.42. The van der Waals surface area contributed by atoms with E-state index in [1.165, 1.54) is 12.1 Å². The van der Waals surface area contributed by atoms with E-state index in [4.69, 9.17) is 16.3 Å². The quantitative estimate of drug-likeness (QED) is 0.524. The van der Waals surface area contributed by atoms with Crippen LogP contribution in [0.2, 0.25) is 5.02 Å². The summed E-state index contributed by atoms with van der Waals surface area (Å²) in [6.07, 6.45) is 0. The molecule has 1 amide bonds. The van der Waals surface area contributed by atoms with E-state index in [-0.39, 0.29) is 18.0 Å². The molecule has 0 saturated carbocycles. The van der Waals surface area contributed by atoms with Crippen LogP contribution in [-0.2, 0) is 21.4 Å². The molecule has 0 aliphatic rings. The van der Waals surface area contributed by atoms with Crippen molar-refractivity contribution in [1.29, 1.82) is 0 Å². The number of carbonyl (C=O) groups is 1. The molecule has 8 heteroatoms. The van der Waals surface area contributed by atoms with Gasteiger partial charge in [-0.1, -0.05) is 47.5 Å². The van der Waals surface area contributed by atoms with Crippen LogP contribution in [0.15, 0.2) is 71.6 Å². The van der Waals surface area contributed by atoms with Gasteiger partial charge in [-0.05, 0) is 61.4 Å². The van der Waals surface area contributed by atoms with E-state index < -0.39 is 15.9 Å². The predicted octanol–water partition coefficient (Wildman–Crippen LogP) is 4.48. The average molecular weight is 473 g/mol. The predicted molar refractivity (Wildman–Crippen MR) is 127 cm³/mol. The van der Waals surface area contributed by atoms with Gasteiger partial charge in [0.1, 0.15) is 12.3 Å². The molecule has 0 unspecified atom stereocenters. The average Bonchev–Trinajstić information content (AvgIpc) is 2.78. The van der Waals surface area contributed by atoms with E-state index >= 15 is 0 Å². The third-order valence-electron chi connectivity index (χ3n) is 5.05. The minimum Gasteiger partial charge on any atom is -0.497 e. The van der Waals surface area contributed by atoms with Crippen molar-refractivity contribution in [3.05, 3.63) is 88.4 Å². The number of hydrogen-bond donors (Lipinski definition) is 1. The maximum Gasteiger partial charge on any atom is 0.264 e. The van der Waals surface area contributed by atoms with Crippen LogP contribution in [-0.4, -0.2) is 28.0 Å². The summed E-state index contributed by atoms with van der Waals surface area (Å²) in [4.78, 5) is 12.9. The van der Waals surface area contributed by atoms with Crippen molar-refractivity contribution in [2.45, 2.75) is 25.3 Å². The SMILES string of the molecule is COc1ccc(CNC(=O)CN(c2cccc(Cl)c2C)S(=O)(=O)c2ccc(C)cc2)cc1. The van der Waals surface area contributed by atoms with E-state index in [1.54, 1.807) is 56.5 Å². The highest BCUT2D eigenvalue weighted by atomic mass is 35.5. The molecular weight excluding hydrogens is 448 g/mol. The molecule has 1 N–H and O–H groups in total. The minimum atomic E-state index is -4.00. The monoisotopic (exact) mass is 472 g/mol. The van der Waals surface area contributed by atoms with Gasteiger partial charge in [-0.2, -0.15) is 0 Å². The number of hydrogen-bond acceptors (Lipinski definition) is 4. The number of aryl methyl sites for hydroxylation is 1. The zero-order valence-corrected chi connectivity index (χ0v) is 19.7. The smallest absolute Gasteiger partial charge is 0.264 e. The summed E-state index contributed by atoms with van der Waals surface area (Å²) >= 11 is 6.24. The molecule has 0 aliphatic carbocycles. The maximum absolute atomic E-state index is 13.5. The molecule has 0 saturated heterocycles. The summed E-state index contributed by atoms with van der Waals surface area (Å²) < 4.78 is 33.2. The minimum absolute atomic E-state index is 0.102. The third-order valence-corrected chi connectivity index (χ3v) is 7.24. The Labute approximate surface area is 193 Å². The zero-order valence-electron chi connectivity index (χ0n) is 18.1. The molecule has 0 bridgehead atoms. The zero-order chi connectivity index (χ0) is 23.3. The lowest BCUT2D eigenvalue weighted by molar-refractivity contribution is -0.119. The molecule has 3 aromatic rings. The first kappa shape index (κ1) is 23.6. The number of carbonyl (C=O) groups excluding carboxylic acids is 1. The van der Waals surface area contributed by atoms with Crippen molar-refractivity contribution in [2.24, 2.45) is 0 Å². The van der Waals surface area contributed by atoms with Gasteiger partial charge in [-0.3, -0.25) is 9.10 Å². The van der Waals surface area contributed by atoms with E-state index in [1.807, 2.05) is 19.1 Å². The summed E-state index contributed by atoms with van der Waals surface area (Å²) in [5.74, 6) is 0.280. The Bertz CT molecular complexity index is 1190. The molecule has 32 heavy (non-hydrogen) atoms. The fourth-order valence-electron chi connectivity index (χ4n) is 3.13. The van der Waals surface area contributed by atoms with Gasteiger partial charge in [-0.25, -0.2) is 8.42 Å². The lowest BCUT2D eigenvalue weighted by atomic mass is 10.2. The Morgan fingerprint density at radius 1 is 1.00 bits per heavy atom. The van der Waals surface area contributed by atoms with Crippen LogP contribution in [0.4, 0.5) is 5.69 Å². The third kappa shape index (κ3) is 5.41. The highest BCUT2D eigenvalue weighted by Gasteiger charge is 2.28. The fraction of sp³-hybridized carbons (Fsp3) is 0.208. The number of anilines is 1. The number of benzene rings is 3. The number of nitrogens with one attached hydrogen (secondary N) is 1. The molecule has 0 atom stereocenters. The first-order chi connectivity index (χ1) is 15.2. The maximum atomic E-state index is 13.5. The second-order valence-electron chi connectivity index (χ2n) is 7.33. The largest absolute Gasteiger partial charge is 0.497 e. The molecule has 0 aliphatic heterocycles. The Balaban J connectivity index is 1.87.